The summed E-state index contributed by atoms with van der Waals surface area (Å²) in [7, 11) is 1.58. The third kappa shape index (κ3) is 4.65. The number of methoxy groups -OCH3 is 1. The minimum Gasteiger partial charge on any atom is -0.497 e. The number of nitrogens with zero attached hydrogens (tertiary/aromatic N) is 1. The van der Waals surface area contributed by atoms with Crippen LogP contribution in [-0.4, -0.2) is 47.0 Å². The van der Waals surface area contributed by atoms with Gasteiger partial charge in [0.15, 0.2) is 0 Å². The number of benzene rings is 1. The van der Waals surface area contributed by atoms with E-state index in [9.17, 15) is 14.4 Å². The normalized spacial score (nSPS) is 20.1. The zero-order valence-corrected chi connectivity index (χ0v) is 19.7. The average molecular weight is 523 g/mol. The van der Waals surface area contributed by atoms with E-state index in [4.69, 9.17) is 9.47 Å². The Kier molecular flexibility index (Phi) is 6.68. The fraction of sp³-hybridized carbons (Fsp3) is 0.286. The van der Waals surface area contributed by atoms with Crippen molar-refractivity contribution in [2.45, 2.75) is 24.4 Å². The molecule has 2 aromatic rings. The number of hydrogen-bond acceptors (Lipinski definition) is 7. The third-order valence-electron chi connectivity index (χ3n) is 4.88. The van der Waals surface area contributed by atoms with Crippen LogP contribution in [-0.2, 0) is 32.1 Å². The van der Waals surface area contributed by atoms with Gasteiger partial charge < -0.3 is 14.8 Å². The molecule has 1 fully saturated rings. The molecule has 1 saturated heterocycles. The van der Waals surface area contributed by atoms with Crippen LogP contribution in [0.2, 0.25) is 0 Å². The van der Waals surface area contributed by atoms with E-state index in [1.54, 1.807) is 19.2 Å². The Morgan fingerprint density at radius 2 is 2.03 bits per heavy atom. The van der Waals surface area contributed by atoms with Crippen LogP contribution in [0.15, 0.2) is 52.0 Å². The van der Waals surface area contributed by atoms with Crippen molar-refractivity contribution < 1.29 is 23.9 Å². The summed E-state index contributed by atoms with van der Waals surface area (Å²) in [6.45, 7) is 0.0768. The van der Waals surface area contributed by atoms with Crippen LogP contribution in [0.3, 0.4) is 0 Å². The van der Waals surface area contributed by atoms with E-state index in [0.29, 0.717) is 16.0 Å². The number of carbonyl (C=O) groups excluding carboxylic acids is 3. The second kappa shape index (κ2) is 9.46. The lowest BCUT2D eigenvalue weighted by molar-refractivity contribution is -0.153. The third-order valence-corrected chi connectivity index (χ3v) is 8.06. The first-order valence-electron chi connectivity index (χ1n) is 9.43. The first-order valence-corrected chi connectivity index (χ1v) is 12.1. The molecule has 31 heavy (non-hydrogen) atoms. The fourth-order valence-electron chi connectivity index (χ4n) is 3.31. The van der Waals surface area contributed by atoms with Gasteiger partial charge in [0, 0.05) is 15.1 Å². The van der Waals surface area contributed by atoms with Crippen molar-refractivity contribution in [3.8, 4) is 5.75 Å². The SMILES string of the molecule is COc1ccc(COC(=O)C2=C(Br)CS[C@H]3C(NC(=O)Cc4cccs4)C(=O)N23)cc1. The highest BCUT2D eigenvalue weighted by atomic mass is 79.9. The van der Waals surface area contributed by atoms with E-state index in [-0.39, 0.29) is 35.9 Å². The van der Waals surface area contributed by atoms with Gasteiger partial charge in [0.05, 0.1) is 13.5 Å². The summed E-state index contributed by atoms with van der Waals surface area (Å²) in [5.41, 5.74) is 1.01. The van der Waals surface area contributed by atoms with Gasteiger partial charge in [-0.05, 0) is 29.1 Å². The van der Waals surface area contributed by atoms with Crippen LogP contribution in [0.4, 0.5) is 0 Å². The maximum atomic E-state index is 12.8. The standard InChI is InChI=1S/C21H19BrN2O5S2/c1-28-13-6-4-12(5-7-13)10-29-21(27)18-15(22)11-31-20-17(19(26)24(18)20)23-16(25)9-14-3-2-8-30-14/h2-8,17,20H,9-11H2,1H3,(H,23,25)/t17?,20-/m0/s1. The monoisotopic (exact) mass is 522 g/mol. The molecule has 1 N–H and O–H groups in total. The van der Waals surface area contributed by atoms with Crippen molar-refractivity contribution in [1.82, 2.24) is 10.2 Å². The van der Waals surface area contributed by atoms with Gasteiger partial charge in [0.2, 0.25) is 5.91 Å². The minimum atomic E-state index is -0.651. The van der Waals surface area contributed by atoms with Crippen LogP contribution in [0, 0.1) is 0 Å². The number of fused-ring (bicyclic) bond motifs is 1. The number of carbonyl (C=O) groups is 3. The molecule has 7 nitrogen and oxygen atoms in total. The molecule has 4 rings (SSSR count). The lowest BCUT2D eigenvalue weighted by Gasteiger charge is -2.49. The number of esters is 1. The van der Waals surface area contributed by atoms with E-state index in [2.05, 4.69) is 21.2 Å². The summed E-state index contributed by atoms with van der Waals surface area (Å²) in [5, 5.41) is 4.38. The molecule has 0 spiro atoms. The van der Waals surface area contributed by atoms with Gasteiger partial charge >= 0.3 is 5.97 Å². The molecule has 10 heteroatoms. The summed E-state index contributed by atoms with van der Waals surface area (Å²) in [6.07, 6.45) is 0.231. The van der Waals surface area contributed by atoms with Crippen molar-refractivity contribution >= 4 is 56.8 Å². The van der Waals surface area contributed by atoms with Crippen molar-refractivity contribution in [3.05, 3.63) is 62.4 Å². The number of thioether (sulfide) groups is 1. The number of β-lactam (4-membered cyclic amide) rings is 1. The number of halogens is 1. The summed E-state index contributed by atoms with van der Waals surface area (Å²) in [5.74, 6) is 0.123. The number of amides is 2. The number of hydrogen-bond donors (Lipinski definition) is 1. The number of ether oxygens (including phenoxy) is 2. The van der Waals surface area contributed by atoms with Gasteiger partial charge in [0.25, 0.3) is 5.91 Å². The van der Waals surface area contributed by atoms with Crippen LogP contribution in [0.1, 0.15) is 10.4 Å². The molecule has 1 aromatic carbocycles. The van der Waals surface area contributed by atoms with Gasteiger partial charge in [-0.2, -0.15) is 0 Å². The van der Waals surface area contributed by atoms with E-state index in [1.807, 2.05) is 29.6 Å². The molecule has 2 aliphatic rings. The fourth-order valence-corrected chi connectivity index (χ4v) is 5.95. The zero-order valence-electron chi connectivity index (χ0n) is 16.5. The highest BCUT2D eigenvalue weighted by Gasteiger charge is 2.54. The highest BCUT2D eigenvalue weighted by Crippen LogP contribution is 2.42. The summed E-state index contributed by atoms with van der Waals surface area (Å²) in [4.78, 5) is 40.2. The van der Waals surface area contributed by atoms with Crippen LogP contribution < -0.4 is 10.1 Å². The van der Waals surface area contributed by atoms with Gasteiger partial charge in [0.1, 0.15) is 29.5 Å². The molecule has 162 valence electrons. The predicted molar refractivity (Wildman–Crippen MR) is 122 cm³/mol. The van der Waals surface area contributed by atoms with Crippen molar-refractivity contribution in [2.24, 2.45) is 0 Å². The van der Waals surface area contributed by atoms with Crippen molar-refractivity contribution in [1.29, 1.82) is 0 Å². The summed E-state index contributed by atoms with van der Waals surface area (Å²) in [6, 6.07) is 10.3. The van der Waals surface area contributed by atoms with Crippen molar-refractivity contribution in [3.63, 3.8) is 0 Å². The number of rotatable bonds is 7. The molecule has 0 saturated carbocycles. The van der Waals surface area contributed by atoms with Crippen molar-refractivity contribution in [2.75, 3.05) is 12.9 Å². The first-order chi connectivity index (χ1) is 15.0. The van der Waals surface area contributed by atoms with E-state index in [1.165, 1.54) is 28.0 Å². The van der Waals surface area contributed by atoms with Crippen LogP contribution >= 0.6 is 39.0 Å². The Balaban J connectivity index is 1.38. The Labute approximate surface area is 195 Å². The van der Waals surface area contributed by atoms with Gasteiger partial charge in [-0.15, -0.1) is 23.1 Å². The summed E-state index contributed by atoms with van der Waals surface area (Å²) >= 11 is 6.39. The molecule has 1 aromatic heterocycles. The lowest BCUT2D eigenvalue weighted by atomic mass is 10.0. The largest absolute Gasteiger partial charge is 0.497 e. The van der Waals surface area contributed by atoms with Gasteiger partial charge in [-0.1, -0.05) is 34.1 Å². The minimum absolute atomic E-state index is 0.0768. The lowest BCUT2D eigenvalue weighted by Crippen LogP contribution is -2.70. The molecule has 1 unspecified atom stereocenters. The van der Waals surface area contributed by atoms with Crippen LogP contribution in [0.5, 0.6) is 5.75 Å². The molecule has 0 bridgehead atoms. The molecule has 2 atom stereocenters. The smallest absolute Gasteiger partial charge is 0.356 e. The Morgan fingerprint density at radius 3 is 2.71 bits per heavy atom. The quantitative estimate of drug-likeness (QED) is 0.444. The molecule has 2 amide bonds. The first kappa shape index (κ1) is 21.9. The molecule has 3 heterocycles. The molecular formula is C21H19BrN2O5S2. The Morgan fingerprint density at radius 1 is 1.26 bits per heavy atom. The Bertz CT molecular complexity index is 1020. The topological polar surface area (TPSA) is 84.9 Å². The average Bonchev–Trinajstić information content (AvgIpc) is 3.29. The second-order valence-electron chi connectivity index (χ2n) is 6.89. The molecule has 2 aliphatic heterocycles. The zero-order chi connectivity index (χ0) is 22.0. The van der Waals surface area contributed by atoms with Crippen LogP contribution in [0.25, 0.3) is 0 Å². The Hall–Kier alpha value is -2.30. The van der Waals surface area contributed by atoms with E-state index in [0.717, 1.165) is 10.4 Å². The molecular weight excluding hydrogens is 504 g/mol. The molecule has 0 aliphatic carbocycles. The van der Waals surface area contributed by atoms with Gasteiger partial charge in [-0.25, -0.2) is 4.79 Å². The van der Waals surface area contributed by atoms with E-state index < -0.39 is 12.0 Å². The summed E-state index contributed by atoms with van der Waals surface area (Å²) < 4.78 is 11.2. The number of thiophene rings is 1. The maximum absolute atomic E-state index is 12.8. The predicted octanol–water partition coefficient (Wildman–Crippen LogP) is 3.05. The highest BCUT2D eigenvalue weighted by molar-refractivity contribution is 9.11. The second-order valence-corrected chi connectivity index (χ2v) is 9.98. The maximum Gasteiger partial charge on any atom is 0.356 e. The number of nitrogens with one attached hydrogen (secondary N) is 1. The molecule has 0 radical (unpaired) electrons. The van der Waals surface area contributed by atoms with E-state index >= 15 is 0 Å². The van der Waals surface area contributed by atoms with Gasteiger partial charge in [-0.3, -0.25) is 14.5 Å².